The first-order valence-corrected chi connectivity index (χ1v) is 11.7. The van der Waals surface area contributed by atoms with Crippen molar-refractivity contribution in [2.45, 2.75) is 45.5 Å². The molecule has 0 aliphatic heterocycles. The molecular formula is C19H29N5O2S2. The highest BCUT2D eigenvalue weighted by atomic mass is 32.2. The molecule has 154 valence electrons. The zero-order valence-corrected chi connectivity index (χ0v) is 18.5. The van der Waals surface area contributed by atoms with E-state index in [0.717, 1.165) is 29.1 Å². The molecule has 1 heterocycles. The van der Waals surface area contributed by atoms with Crippen molar-refractivity contribution in [3.05, 3.63) is 51.5 Å². The number of hydrogen-bond donors (Lipinski definition) is 3. The zero-order valence-electron chi connectivity index (χ0n) is 16.8. The maximum atomic E-state index is 12.3. The predicted molar refractivity (Wildman–Crippen MR) is 116 cm³/mol. The molecule has 0 amide bonds. The highest BCUT2D eigenvalue weighted by molar-refractivity contribution is 7.88. The lowest BCUT2D eigenvalue weighted by Gasteiger charge is -2.15. The van der Waals surface area contributed by atoms with Gasteiger partial charge in [-0.15, -0.1) is 11.3 Å². The van der Waals surface area contributed by atoms with E-state index in [1.807, 2.05) is 51.2 Å². The van der Waals surface area contributed by atoms with Crippen molar-refractivity contribution in [3.8, 4) is 0 Å². The number of hydrogen-bond acceptors (Lipinski definition) is 5. The van der Waals surface area contributed by atoms with Crippen molar-refractivity contribution in [3.63, 3.8) is 0 Å². The molecule has 2 rings (SSSR count). The normalized spacial score (nSPS) is 12.4. The van der Waals surface area contributed by atoms with Gasteiger partial charge in [-0.1, -0.05) is 24.3 Å². The highest BCUT2D eigenvalue weighted by Gasteiger charge is 2.15. The minimum absolute atomic E-state index is 0.0432. The molecular weight excluding hydrogens is 394 g/mol. The summed E-state index contributed by atoms with van der Waals surface area (Å²) in [5.41, 5.74) is 1.70. The van der Waals surface area contributed by atoms with Crippen LogP contribution in [-0.4, -0.2) is 39.0 Å². The molecule has 0 saturated carbocycles. The Labute approximate surface area is 171 Å². The van der Waals surface area contributed by atoms with Gasteiger partial charge in [-0.3, -0.25) is 4.99 Å². The van der Waals surface area contributed by atoms with Crippen LogP contribution in [0.25, 0.3) is 0 Å². The Morgan fingerprint density at radius 1 is 1.21 bits per heavy atom. The Hall–Kier alpha value is -1.97. The van der Waals surface area contributed by atoms with Gasteiger partial charge < -0.3 is 10.6 Å². The molecule has 0 aliphatic carbocycles. The molecule has 0 fully saturated rings. The Balaban J connectivity index is 1.91. The average Bonchev–Trinajstić information content (AvgIpc) is 3.02. The molecule has 0 atom stereocenters. The second kappa shape index (κ2) is 10.5. The molecule has 0 bridgehead atoms. The van der Waals surface area contributed by atoms with Crippen LogP contribution in [0.2, 0.25) is 0 Å². The fourth-order valence-corrected chi connectivity index (χ4v) is 4.96. The summed E-state index contributed by atoms with van der Waals surface area (Å²) in [5.74, 6) is 0.629. The van der Waals surface area contributed by atoms with Crippen LogP contribution in [0, 0.1) is 6.92 Å². The van der Waals surface area contributed by atoms with E-state index in [0.29, 0.717) is 12.5 Å². The number of benzene rings is 1. The number of guanidine groups is 1. The van der Waals surface area contributed by atoms with Gasteiger partial charge in [0.05, 0.1) is 10.8 Å². The van der Waals surface area contributed by atoms with Gasteiger partial charge in [-0.2, -0.15) is 0 Å². The molecule has 3 N–H and O–H groups in total. The first-order valence-electron chi connectivity index (χ1n) is 9.21. The second-order valence-electron chi connectivity index (χ2n) is 6.77. The van der Waals surface area contributed by atoms with E-state index >= 15 is 0 Å². The van der Waals surface area contributed by atoms with Gasteiger partial charge in [-0.05, 0) is 31.9 Å². The van der Waals surface area contributed by atoms with Crippen LogP contribution >= 0.6 is 11.3 Å². The molecule has 0 saturated heterocycles. The summed E-state index contributed by atoms with van der Waals surface area (Å²) in [6.07, 6.45) is 2.71. The van der Waals surface area contributed by atoms with Gasteiger partial charge in [0.2, 0.25) is 10.0 Å². The minimum Gasteiger partial charge on any atom is -0.356 e. The number of aryl methyl sites for hydroxylation is 1. The van der Waals surface area contributed by atoms with Crippen LogP contribution in [0.15, 0.2) is 35.5 Å². The third-order valence-electron chi connectivity index (χ3n) is 3.85. The van der Waals surface area contributed by atoms with Crippen LogP contribution in [0.5, 0.6) is 0 Å². The number of nitrogens with zero attached hydrogens (tertiary/aromatic N) is 2. The van der Waals surface area contributed by atoms with E-state index < -0.39 is 10.0 Å². The van der Waals surface area contributed by atoms with Crippen LogP contribution in [0.4, 0.5) is 0 Å². The van der Waals surface area contributed by atoms with Gasteiger partial charge >= 0.3 is 0 Å². The smallest absolute Gasteiger partial charge is 0.216 e. The maximum Gasteiger partial charge on any atom is 0.216 e. The Bertz CT molecular complexity index is 891. The van der Waals surface area contributed by atoms with Crippen LogP contribution in [0.3, 0.4) is 0 Å². The quantitative estimate of drug-likeness (QED) is 0.424. The Morgan fingerprint density at radius 2 is 1.93 bits per heavy atom. The highest BCUT2D eigenvalue weighted by Crippen LogP contribution is 2.13. The molecule has 28 heavy (non-hydrogen) atoms. The van der Waals surface area contributed by atoms with Crippen molar-refractivity contribution >= 4 is 27.3 Å². The van der Waals surface area contributed by atoms with E-state index in [1.54, 1.807) is 18.4 Å². The third kappa shape index (κ3) is 7.57. The first kappa shape index (κ1) is 22.3. The van der Waals surface area contributed by atoms with Gasteiger partial charge in [0.15, 0.2) is 5.96 Å². The fourth-order valence-electron chi connectivity index (χ4n) is 2.68. The number of rotatable bonds is 9. The monoisotopic (exact) mass is 423 g/mol. The Morgan fingerprint density at radius 3 is 2.54 bits per heavy atom. The van der Waals surface area contributed by atoms with E-state index in [4.69, 9.17) is 0 Å². The predicted octanol–water partition coefficient (Wildman–Crippen LogP) is 2.19. The SMILES string of the molecule is CN=C(NCCc1ncc(C)s1)NCc1ccccc1CS(=O)(=O)NC(C)C. The average molecular weight is 424 g/mol. The molecule has 7 nitrogen and oxygen atoms in total. The van der Waals surface area contributed by atoms with Crippen molar-refractivity contribution in [1.29, 1.82) is 0 Å². The van der Waals surface area contributed by atoms with Crippen molar-refractivity contribution in [1.82, 2.24) is 20.3 Å². The van der Waals surface area contributed by atoms with Crippen molar-refractivity contribution in [2.24, 2.45) is 4.99 Å². The number of aliphatic imine (C=N–C) groups is 1. The van der Waals surface area contributed by atoms with E-state index in [2.05, 4.69) is 25.3 Å². The molecule has 0 aliphatic rings. The summed E-state index contributed by atoms with van der Waals surface area (Å²) in [6.45, 7) is 6.88. The summed E-state index contributed by atoms with van der Waals surface area (Å²) < 4.78 is 27.2. The van der Waals surface area contributed by atoms with Gasteiger partial charge in [0, 0.05) is 43.7 Å². The number of sulfonamides is 1. The number of aromatic nitrogens is 1. The lowest BCUT2D eigenvalue weighted by molar-refractivity contribution is 0.568. The largest absolute Gasteiger partial charge is 0.356 e. The topological polar surface area (TPSA) is 95.5 Å². The van der Waals surface area contributed by atoms with Gasteiger partial charge in [0.1, 0.15) is 0 Å². The van der Waals surface area contributed by atoms with E-state index in [9.17, 15) is 8.42 Å². The van der Waals surface area contributed by atoms with Crippen LogP contribution < -0.4 is 15.4 Å². The molecule has 0 radical (unpaired) electrons. The molecule has 9 heteroatoms. The van der Waals surface area contributed by atoms with E-state index in [1.165, 1.54) is 4.88 Å². The van der Waals surface area contributed by atoms with Crippen LogP contribution in [-0.2, 0) is 28.7 Å². The van der Waals surface area contributed by atoms with Crippen LogP contribution in [0.1, 0.15) is 34.9 Å². The molecule has 1 aromatic carbocycles. The third-order valence-corrected chi connectivity index (χ3v) is 6.34. The Kier molecular flexibility index (Phi) is 8.40. The first-order chi connectivity index (χ1) is 13.3. The molecule has 1 aromatic heterocycles. The minimum atomic E-state index is -3.37. The summed E-state index contributed by atoms with van der Waals surface area (Å²) in [7, 11) is -1.66. The number of thiazole rings is 1. The number of nitrogens with one attached hydrogen (secondary N) is 3. The van der Waals surface area contributed by atoms with E-state index in [-0.39, 0.29) is 11.8 Å². The maximum absolute atomic E-state index is 12.3. The van der Waals surface area contributed by atoms with Gasteiger partial charge in [-0.25, -0.2) is 18.1 Å². The second-order valence-corrected chi connectivity index (χ2v) is 9.84. The lowest BCUT2D eigenvalue weighted by Crippen LogP contribution is -2.38. The molecule has 0 spiro atoms. The summed E-state index contributed by atoms with van der Waals surface area (Å²) in [4.78, 5) is 9.79. The fraction of sp³-hybridized carbons (Fsp3) is 0.474. The molecule has 2 aromatic rings. The summed E-state index contributed by atoms with van der Waals surface area (Å²) >= 11 is 1.69. The standard InChI is InChI=1S/C19H29N5O2S2/c1-14(2)24-28(25,26)13-17-8-6-5-7-16(17)12-23-19(20-4)21-10-9-18-22-11-15(3)27-18/h5-8,11,14,24H,9-10,12-13H2,1-4H3,(H2,20,21,23). The summed E-state index contributed by atoms with van der Waals surface area (Å²) in [5, 5.41) is 7.61. The molecule has 0 unspecified atom stereocenters. The van der Waals surface area contributed by atoms with Gasteiger partial charge in [0.25, 0.3) is 0 Å². The van der Waals surface area contributed by atoms with Crippen molar-refractivity contribution < 1.29 is 8.42 Å². The van der Waals surface area contributed by atoms with Crippen molar-refractivity contribution in [2.75, 3.05) is 13.6 Å². The summed E-state index contributed by atoms with van der Waals surface area (Å²) in [6, 6.07) is 7.41. The zero-order chi connectivity index (χ0) is 20.6. The lowest BCUT2D eigenvalue weighted by atomic mass is 10.1.